The lowest BCUT2D eigenvalue weighted by Gasteiger charge is -2.05. The summed E-state index contributed by atoms with van der Waals surface area (Å²) in [6, 6.07) is 0.396. The molecule has 2 heterocycles. The molecule has 1 aliphatic rings. The molecule has 0 amide bonds. The van der Waals surface area contributed by atoms with Crippen molar-refractivity contribution in [2.24, 2.45) is 5.92 Å². The molecule has 1 fully saturated rings. The van der Waals surface area contributed by atoms with Gasteiger partial charge in [-0.25, -0.2) is 0 Å². The summed E-state index contributed by atoms with van der Waals surface area (Å²) in [5.41, 5.74) is 0. The highest BCUT2D eigenvalue weighted by molar-refractivity contribution is 7.99. The van der Waals surface area contributed by atoms with Crippen molar-refractivity contribution >= 4 is 11.8 Å². The highest BCUT2D eigenvalue weighted by atomic mass is 32.2. The van der Waals surface area contributed by atoms with Gasteiger partial charge in [0.15, 0.2) is 5.82 Å². The third-order valence-corrected chi connectivity index (χ3v) is 4.21. The fourth-order valence-electron chi connectivity index (χ4n) is 1.82. The Labute approximate surface area is 101 Å². The van der Waals surface area contributed by atoms with E-state index in [4.69, 9.17) is 4.52 Å². The summed E-state index contributed by atoms with van der Waals surface area (Å²) in [6.45, 7) is 2.11. The molecule has 0 radical (unpaired) electrons. The zero-order valence-electron chi connectivity index (χ0n) is 9.90. The summed E-state index contributed by atoms with van der Waals surface area (Å²) in [7, 11) is 1.95. The average Bonchev–Trinajstić information content (AvgIpc) is 2.91. The first kappa shape index (κ1) is 11.9. The molecule has 1 aromatic heterocycles. The Kier molecular flexibility index (Phi) is 4.23. The van der Waals surface area contributed by atoms with E-state index in [1.54, 1.807) is 0 Å². The summed E-state index contributed by atoms with van der Waals surface area (Å²) in [5.74, 6) is 4.89. The first-order valence-corrected chi connectivity index (χ1v) is 7.00. The van der Waals surface area contributed by atoms with E-state index in [2.05, 4.69) is 22.4 Å². The lowest BCUT2D eigenvalue weighted by molar-refractivity contribution is 0.354. The van der Waals surface area contributed by atoms with Crippen molar-refractivity contribution in [1.82, 2.24) is 15.5 Å². The van der Waals surface area contributed by atoms with Gasteiger partial charge in [-0.15, -0.1) is 0 Å². The van der Waals surface area contributed by atoms with Crippen molar-refractivity contribution in [2.75, 3.05) is 18.6 Å². The predicted octanol–water partition coefficient (Wildman–Crippen LogP) is 1.52. The summed E-state index contributed by atoms with van der Waals surface area (Å²) in [4.78, 5) is 4.43. The zero-order chi connectivity index (χ0) is 11.4. The summed E-state index contributed by atoms with van der Waals surface area (Å²) in [5, 5.41) is 7.18. The second-order valence-corrected chi connectivity index (χ2v) is 5.58. The van der Waals surface area contributed by atoms with Crippen molar-refractivity contribution in [3.63, 3.8) is 0 Å². The van der Waals surface area contributed by atoms with E-state index in [0.717, 1.165) is 30.5 Å². The SMILES string of the molecule is CNC(C)Cc1noc(CC2CCSC2)n1. The van der Waals surface area contributed by atoms with Crippen LogP contribution in [0.2, 0.25) is 0 Å². The van der Waals surface area contributed by atoms with Gasteiger partial charge in [-0.1, -0.05) is 5.16 Å². The highest BCUT2D eigenvalue weighted by Gasteiger charge is 2.19. The molecule has 2 unspecified atom stereocenters. The smallest absolute Gasteiger partial charge is 0.226 e. The van der Waals surface area contributed by atoms with Crippen molar-refractivity contribution in [3.05, 3.63) is 11.7 Å². The molecule has 1 saturated heterocycles. The van der Waals surface area contributed by atoms with Crippen LogP contribution in [0.4, 0.5) is 0 Å². The van der Waals surface area contributed by atoms with Gasteiger partial charge in [0, 0.05) is 18.9 Å². The Bertz CT molecular complexity index is 323. The Morgan fingerprint density at radius 2 is 2.50 bits per heavy atom. The first-order chi connectivity index (χ1) is 7.78. The van der Waals surface area contributed by atoms with Gasteiger partial charge >= 0.3 is 0 Å². The molecule has 2 rings (SSSR count). The standard InChI is InChI=1S/C11H19N3OS/c1-8(12-2)5-10-13-11(15-14-10)6-9-3-4-16-7-9/h8-9,12H,3-7H2,1-2H3. The van der Waals surface area contributed by atoms with Crippen LogP contribution < -0.4 is 5.32 Å². The minimum absolute atomic E-state index is 0.396. The quantitative estimate of drug-likeness (QED) is 0.847. The molecule has 0 bridgehead atoms. The summed E-state index contributed by atoms with van der Waals surface area (Å²) in [6.07, 6.45) is 3.07. The van der Waals surface area contributed by atoms with E-state index in [9.17, 15) is 0 Å². The maximum Gasteiger partial charge on any atom is 0.226 e. The van der Waals surface area contributed by atoms with Gasteiger partial charge in [0.05, 0.1) is 0 Å². The largest absolute Gasteiger partial charge is 0.339 e. The molecule has 4 nitrogen and oxygen atoms in total. The van der Waals surface area contributed by atoms with Gasteiger partial charge in [0.25, 0.3) is 0 Å². The number of rotatable bonds is 5. The normalized spacial score (nSPS) is 22.5. The topological polar surface area (TPSA) is 51.0 Å². The van der Waals surface area contributed by atoms with Crippen LogP contribution in [0.25, 0.3) is 0 Å². The molecule has 0 aliphatic carbocycles. The van der Waals surface area contributed by atoms with Crippen LogP contribution in [0.5, 0.6) is 0 Å². The number of nitrogens with zero attached hydrogens (tertiary/aromatic N) is 2. The third kappa shape index (κ3) is 3.22. The van der Waals surface area contributed by atoms with Crippen molar-refractivity contribution in [3.8, 4) is 0 Å². The van der Waals surface area contributed by atoms with E-state index < -0.39 is 0 Å². The van der Waals surface area contributed by atoms with Crippen LogP contribution in [-0.4, -0.2) is 34.7 Å². The Balaban J connectivity index is 1.86. The fourth-order valence-corrected chi connectivity index (χ4v) is 3.11. The van der Waals surface area contributed by atoms with E-state index in [-0.39, 0.29) is 0 Å². The Hall–Kier alpha value is -0.550. The molecule has 2 atom stereocenters. The number of thioether (sulfide) groups is 1. The van der Waals surface area contributed by atoms with Crippen LogP contribution in [-0.2, 0) is 12.8 Å². The molecular weight excluding hydrogens is 222 g/mol. The zero-order valence-corrected chi connectivity index (χ0v) is 10.7. The summed E-state index contributed by atoms with van der Waals surface area (Å²) < 4.78 is 5.27. The third-order valence-electron chi connectivity index (χ3n) is 2.98. The second-order valence-electron chi connectivity index (χ2n) is 4.43. The van der Waals surface area contributed by atoms with Crippen LogP contribution >= 0.6 is 11.8 Å². The van der Waals surface area contributed by atoms with Crippen LogP contribution in [0.1, 0.15) is 25.1 Å². The number of likely N-dealkylation sites (N-methyl/N-ethyl adjacent to an activating group) is 1. The minimum Gasteiger partial charge on any atom is -0.339 e. The van der Waals surface area contributed by atoms with E-state index in [1.807, 2.05) is 18.8 Å². The molecular formula is C11H19N3OS. The number of aromatic nitrogens is 2. The molecule has 0 aromatic carbocycles. The lowest BCUT2D eigenvalue weighted by Crippen LogP contribution is -2.24. The summed E-state index contributed by atoms with van der Waals surface area (Å²) >= 11 is 2.02. The van der Waals surface area contributed by atoms with Gasteiger partial charge in [-0.05, 0) is 37.8 Å². The van der Waals surface area contributed by atoms with Crippen molar-refractivity contribution < 1.29 is 4.52 Å². The molecule has 90 valence electrons. The van der Waals surface area contributed by atoms with Gasteiger partial charge in [-0.2, -0.15) is 16.7 Å². The van der Waals surface area contributed by atoms with Gasteiger partial charge in [0.1, 0.15) is 0 Å². The minimum atomic E-state index is 0.396. The molecule has 1 aromatic rings. The van der Waals surface area contributed by atoms with Gasteiger partial charge in [0.2, 0.25) is 5.89 Å². The van der Waals surface area contributed by atoms with Crippen LogP contribution in [0.3, 0.4) is 0 Å². The number of hydrogen-bond donors (Lipinski definition) is 1. The fraction of sp³-hybridized carbons (Fsp3) is 0.818. The molecule has 0 spiro atoms. The molecule has 0 saturated carbocycles. The Morgan fingerprint density at radius 1 is 1.62 bits per heavy atom. The molecule has 16 heavy (non-hydrogen) atoms. The van der Waals surface area contributed by atoms with Gasteiger partial charge < -0.3 is 9.84 Å². The predicted molar refractivity (Wildman–Crippen MR) is 65.7 cm³/mol. The second kappa shape index (κ2) is 5.68. The first-order valence-electron chi connectivity index (χ1n) is 5.84. The maximum atomic E-state index is 5.27. The highest BCUT2D eigenvalue weighted by Crippen LogP contribution is 2.26. The maximum absolute atomic E-state index is 5.27. The molecule has 1 N–H and O–H groups in total. The van der Waals surface area contributed by atoms with E-state index in [1.165, 1.54) is 17.9 Å². The van der Waals surface area contributed by atoms with Crippen molar-refractivity contribution in [2.45, 2.75) is 32.2 Å². The average molecular weight is 241 g/mol. The molecule has 5 heteroatoms. The van der Waals surface area contributed by atoms with Crippen molar-refractivity contribution in [1.29, 1.82) is 0 Å². The number of hydrogen-bond acceptors (Lipinski definition) is 5. The van der Waals surface area contributed by atoms with E-state index >= 15 is 0 Å². The van der Waals surface area contributed by atoms with Crippen LogP contribution in [0.15, 0.2) is 4.52 Å². The van der Waals surface area contributed by atoms with Crippen LogP contribution in [0, 0.1) is 5.92 Å². The monoisotopic (exact) mass is 241 g/mol. The lowest BCUT2D eigenvalue weighted by atomic mass is 10.1. The molecule has 1 aliphatic heterocycles. The van der Waals surface area contributed by atoms with Gasteiger partial charge in [-0.3, -0.25) is 0 Å². The van der Waals surface area contributed by atoms with E-state index in [0.29, 0.717) is 6.04 Å². The Morgan fingerprint density at radius 3 is 3.19 bits per heavy atom. The number of nitrogens with one attached hydrogen (secondary N) is 1.